The number of hydrogen-bond acceptors (Lipinski definition) is 7. The van der Waals surface area contributed by atoms with Gasteiger partial charge in [-0.25, -0.2) is 4.98 Å². The Kier molecular flexibility index (Phi) is 7.34. The molecule has 5 rings (SSSR count). The summed E-state index contributed by atoms with van der Waals surface area (Å²) >= 11 is 8.83. The molecule has 7 nitrogen and oxygen atoms in total. The molecule has 2 aromatic heterocycles. The molecule has 0 unspecified atom stereocenters. The number of fused-ring (bicyclic) bond motifs is 3. The standard InChI is InChI=1S/C26H25ClN4O3S2/c1-3-34-19-9-7-18(8-10-19)31-25(33)23-20-11-12-30(2)14-21(20)36-24(23)29-26(31)35-15-22(32)28-17-6-4-5-16(27)13-17/h4-10,13H,3,11-12,14-15H2,1-2H3,(H,28,32). The van der Waals surface area contributed by atoms with Crippen LogP contribution in [0.15, 0.2) is 58.5 Å². The molecule has 0 saturated carbocycles. The second kappa shape index (κ2) is 10.6. The quantitative estimate of drug-likeness (QED) is 0.256. The number of thiophene rings is 1. The zero-order valence-corrected chi connectivity index (χ0v) is 22.3. The first kappa shape index (κ1) is 24.8. The van der Waals surface area contributed by atoms with Crippen LogP contribution in [-0.4, -0.2) is 46.3 Å². The predicted molar refractivity (Wildman–Crippen MR) is 147 cm³/mol. The van der Waals surface area contributed by atoms with E-state index in [-0.39, 0.29) is 17.2 Å². The minimum atomic E-state index is -0.207. The molecule has 0 aliphatic carbocycles. The van der Waals surface area contributed by atoms with Gasteiger partial charge in [-0.1, -0.05) is 29.4 Å². The Morgan fingerprint density at radius 3 is 2.81 bits per heavy atom. The molecule has 0 bridgehead atoms. The van der Waals surface area contributed by atoms with Gasteiger partial charge in [0, 0.05) is 28.7 Å². The summed E-state index contributed by atoms with van der Waals surface area (Å²) in [6.07, 6.45) is 0.820. The first-order valence-corrected chi connectivity index (χ1v) is 13.8. The molecule has 10 heteroatoms. The fraction of sp³-hybridized carbons (Fsp3) is 0.269. The Balaban J connectivity index is 1.52. The summed E-state index contributed by atoms with van der Waals surface area (Å²) in [5.74, 6) is 0.617. The van der Waals surface area contributed by atoms with Crippen molar-refractivity contribution < 1.29 is 9.53 Å². The second-order valence-corrected chi connectivity index (χ2v) is 10.9. The minimum absolute atomic E-state index is 0.0926. The monoisotopic (exact) mass is 540 g/mol. The third-order valence-electron chi connectivity index (χ3n) is 5.88. The van der Waals surface area contributed by atoms with E-state index in [1.807, 2.05) is 31.2 Å². The average Bonchev–Trinajstić information content (AvgIpc) is 3.21. The van der Waals surface area contributed by atoms with Crippen molar-refractivity contribution in [3.63, 3.8) is 0 Å². The van der Waals surface area contributed by atoms with Gasteiger partial charge in [-0.15, -0.1) is 11.3 Å². The van der Waals surface area contributed by atoms with Gasteiger partial charge in [0.25, 0.3) is 5.56 Å². The fourth-order valence-corrected chi connectivity index (χ4v) is 6.57. The van der Waals surface area contributed by atoms with E-state index in [4.69, 9.17) is 21.3 Å². The second-order valence-electron chi connectivity index (χ2n) is 8.48. The highest BCUT2D eigenvalue weighted by molar-refractivity contribution is 7.99. The lowest BCUT2D eigenvalue weighted by atomic mass is 10.1. The first-order chi connectivity index (χ1) is 17.4. The van der Waals surface area contributed by atoms with Crippen LogP contribution in [-0.2, 0) is 17.8 Å². The summed E-state index contributed by atoms with van der Waals surface area (Å²) in [6, 6.07) is 14.4. The van der Waals surface area contributed by atoms with Gasteiger partial charge in [0.1, 0.15) is 10.6 Å². The number of thioether (sulfide) groups is 1. The predicted octanol–water partition coefficient (Wildman–Crippen LogP) is 5.22. The Labute approximate surface area is 222 Å². The van der Waals surface area contributed by atoms with Crippen LogP contribution in [0.4, 0.5) is 5.69 Å². The van der Waals surface area contributed by atoms with Crippen molar-refractivity contribution in [2.75, 3.05) is 31.3 Å². The molecule has 0 spiro atoms. The average molecular weight is 541 g/mol. The van der Waals surface area contributed by atoms with Gasteiger partial charge in [-0.3, -0.25) is 14.2 Å². The molecule has 1 amide bonds. The highest BCUT2D eigenvalue weighted by Gasteiger charge is 2.25. The molecule has 1 N–H and O–H groups in total. The number of anilines is 1. The lowest BCUT2D eigenvalue weighted by molar-refractivity contribution is -0.113. The molecule has 0 radical (unpaired) electrons. The number of nitrogens with one attached hydrogen (secondary N) is 1. The van der Waals surface area contributed by atoms with Crippen molar-refractivity contribution >= 4 is 56.5 Å². The number of likely N-dealkylation sites (N-methyl/N-ethyl adjacent to an activating group) is 1. The fourth-order valence-electron chi connectivity index (χ4n) is 4.23. The van der Waals surface area contributed by atoms with Crippen LogP contribution in [0.5, 0.6) is 5.75 Å². The van der Waals surface area contributed by atoms with Gasteiger partial charge in [0.15, 0.2) is 5.16 Å². The van der Waals surface area contributed by atoms with E-state index < -0.39 is 0 Å². The van der Waals surface area contributed by atoms with Crippen molar-refractivity contribution in [3.8, 4) is 11.4 Å². The summed E-state index contributed by atoms with van der Waals surface area (Å²) in [4.78, 5) is 35.6. The number of hydrogen-bond donors (Lipinski definition) is 1. The molecule has 1 aliphatic heterocycles. The number of amides is 1. The van der Waals surface area contributed by atoms with E-state index in [2.05, 4.69) is 17.3 Å². The van der Waals surface area contributed by atoms with Crippen molar-refractivity contribution in [1.29, 1.82) is 0 Å². The Morgan fingerprint density at radius 1 is 1.25 bits per heavy atom. The minimum Gasteiger partial charge on any atom is -0.494 e. The van der Waals surface area contributed by atoms with Crippen molar-refractivity contribution in [3.05, 3.63) is 74.3 Å². The van der Waals surface area contributed by atoms with Crippen LogP contribution in [0, 0.1) is 0 Å². The molecule has 186 valence electrons. The molecule has 0 fully saturated rings. The van der Waals surface area contributed by atoms with Gasteiger partial charge < -0.3 is 15.0 Å². The molecule has 4 aromatic rings. The van der Waals surface area contributed by atoms with Gasteiger partial charge >= 0.3 is 0 Å². The molecular formula is C26H25ClN4O3S2. The van der Waals surface area contributed by atoms with Crippen LogP contribution in [0.1, 0.15) is 17.4 Å². The lowest BCUT2D eigenvalue weighted by Crippen LogP contribution is -2.27. The number of halogens is 1. The number of carbonyl (C=O) groups excluding carboxylic acids is 1. The molecular weight excluding hydrogens is 516 g/mol. The van der Waals surface area contributed by atoms with Gasteiger partial charge in [-0.2, -0.15) is 0 Å². The third kappa shape index (κ3) is 5.15. The maximum atomic E-state index is 13.9. The first-order valence-electron chi connectivity index (χ1n) is 11.6. The summed E-state index contributed by atoms with van der Waals surface area (Å²) in [6.45, 7) is 4.20. The summed E-state index contributed by atoms with van der Waals surface area (Å²) in [5.41, 5.74) is 2.29. The van der Waals surface area contributed by atoms with Crippen molar-refractivity contribution in [2.45, 2.75) is 25.0 Å². The smallest absolute Gasteiger partial charge is 0.267 e. The van der Waals surface area contributed by atoms with Gasteiger partial charge in [0.05, 0.1) is 23.4 Å². The molecule has 0 atom stereocenters. The molecule has 2 aromatic carbocycles. The van der Waals surface area contributed by atoms with E-state index in [1.165, 1.54) is 16.6 Å². The summed E-state index contributed by atoms with van der Waals surface area (Å²) < 4.78 is 7.18. The number of aromatic nitrogens is 2. The van der Waals surface area contributed by atoms with Crippen molar-refractivity contribution in [1.82, 2.24) is 14.5 Å². The normalized spacial score (nSPS) is 13.5. The highest BCUT2D eigenvalue weighted by atomic mass is 35.5. The lowest BCUT2D eigenvalue weighted by Gasteiger charge is -2.21. The largest absolute Gasteiger partial charge is 0.494 e. The molecule has 3 heterocycles. The molecule has 36 heavy (non-hydrogen) atoms. The maximum Gasteiger partial charge on any atom is 0.267 e. The summed E-state index contributed by atoms with van der Waals surface area (Å²) in [5, 5.41) is 4.56. The van der Waals surface area contributed by atoms with E-state index in [0.29, 0.717) is 33.5 Å². The van der Waals surface area contributed by atoms with Crippen molar-refractivity contribution in [2.24, 2.45) is 0 Å². The summed E-state index contributed by atoms with van der Waals surface area (Å²) in [7, 11) is 2.08. The van der Waals surface area contributed by atoms with Crippen LogP contribution >= 0.6 is 34.7 Å². The van der Waals surface area contributed by atoms with E-state index in [9.17, 15) is 9.59 Å². The molecule has 0 saturated heterocycles. The van der Waals surface area contributed by atoms with Crippen LogP contribution < -0.4 is 15.6 Å². The van der Waals surface area contributed by atoms with Crippen LogP contribution in [0.25, 0.3) is 15.9 Å². The maximum absolute atomic E-state index is 13.9. The van der Waals surface area contributed by atoms with Crippen LogP contribution in [0.3, 0.4) is 0 Å². The van der Waals surface area contributed by atoms with Crippen LogP contribution in [0.2, 0.25) is 5.02 Å². The van der Waals surface area contributed by atoms with Gasteiger partial charge in [-0.05, 0) is 68.4 Å². The van der Waals surface area contributed by atoms with E-state index >= 15 is 0 Å². The molecule has 1 aliphatic rings. The number of benzene rings is 2. The zero-order chi connectivity index (χ0) is 25.2. The Morgan fingerprint density at radius 2 is 2.06 bits per heavy atom. The highest BCUT2D eigenvalue weighted by Crippen LogP contribution is 2.34. The Hall–Kier alpha value is -2.85. The topological polar surface area (TPSA) is 76.5 Å². The number of carbonyl (C=O) groups is 1. The van der Waals surface area contributed by atoms with E-state index in [1.54, 1.807) is 40.2 Å². The number of ether oxygens (including phenoxy) is 1. The third-order valence-corrected chi connectivity index (χ3v) is 8.17. The Bertz CT molecular complexity index is 1480. The number of rotatable bonds is 7. The SMILES string of the molecule is CCOc1ccc(-n2c(SCC(=O)Nc3cccc(Cl)c3)nc3sc4c(c3c2=O)CCN(C)C4)cc1. The number of nitrogens with zero attached hydrogens (tertiary/aromatic N) is 3. The van der Waals surface area contributed by atoms with Gasteiger partial charge in [0.2, 0.25) is 5.91 Å². The zero-order valence-electron chi connectivity index (χ0n) is 19.9. The van der Waals surface area contributed by atoms with E-state index in [0.717, 1.165) is 35.7 Å².